The summed E-state index contributed by atoms with van der Waals surface area (Å²) >= 11 is 5.78. The van der Waals surface area contributed by atoms with Gasteiger partial charge in [0.25, 0.3) is 0 Å². The molecule has 27 heavy (non-hydrogen) atoms. The number of ether oxygens (including phenoxy) is 1. The summed E-state index contributed by atoms with van der Waals surface area (Å²) in [6, 6.07) is 8.70. The summed E-state index contributed by atoms with van der Waals surface area (Å²) in [6.07, 6.45) is -1.17. The molecule has 1 heterocycles. The molecular formula is C17H12ClF2NO5S. The number of ketones is 1. The molecule has 2 N–H and O–H groups in total. The first-order valence-electron chi connectivity index (χ1n) is 7.48. The molecular weight excluding hydrogens is 404 g/mol. The molecule has 0 aliphatic carbocycles. The van der Waals surface area contributed by atoms with Crippen LogP contribution in [-0.2, 0) is 29.6 Å². The highest BCUT2D eigenvalue weighted by molar-refractivity contribution is 7.86. The Bertz CT molecular complexity index is 1040. The van der Waals surface area contributed by atoms with Crippen LogP contribution in [0.4, 0.5) is 8.78 Å². The van der Waals surface area contributed by atoms with Crippen molar-refractivity contribution in [3.63, 3.8) is 0 Å². The smallest absolute Gasteiger partial charge is 0.313 e. The molecule has 1 atom stereocenters. The van der Waals surface area contributed by atoms with Crippen molar-refractivity contribution in [1.29, 1.82) is 0 Å². The van der Waals surface area contributed by atoms with E-state index < -0.39 is 51.0 Å². The lowest BCUT2D eigenvalue weighted by Crippen LogP contribution is -2.16. The third kappa shape index (κ3) is 4.20. The lowest BCUT2D eigenvalue weighted by Gasteiger charge is -2.10. The van der Waals surface area contributed by atoms with Crippen LogP contribution in [0, 0.1) is 11.6 Å². The standard InChI is InChI=1S/C17H12ClF2NO5S/c18-11-4-2-10(3-5-11)15-14(22)16(17(21)25-15)26-27(23,24)8-9-1-6-12(19)13(20)7-9/h1-7,15H,8,21H2. The van der Waals surface area contributed by atoms with Gasteiger partial charge in [0.1, 0.15) is 5.75 Å². The van der Waals surface area contributed by atoms with Crippen molar-refractivity contribution in [3.05, 3.63) is 81.9 Å². The van der Waals surface area contributed by atoms with Gasteiger partial charge in [-0.25, -0.2) is 8.78 Å². The summed E-state index contributed by atoms with van der Waals surface area (Å²) in [5, 5.41) is 0.440. The molecule has 1 unspecified atom stereocenters. The number of Topliss-reactive ketones (excluding diaryl/α,β-unsaturated/α-hetero) is 1. The molecule has 142 valence electrons. The van der Waals surface area contributed by atoms with E-state index in [1.165, 1.54) is 24.3 Å². The normalized spacial score (nSPS) is 17.1. The second-order valence-corrected chi connectivity index (χ2v) is 7.65. The van der Waals surface area contributed by atoms with E-state index in [0.717, 1.165) is 18.2 Å². The van der Waals surface area contributed by atoms with Crippen LogP contribution in [0.25, 0.3) is 0 Å². The van der Waals surface area contributed by atoms with Gasteiger partial charge in [-0.1, -0.05) is 29.8 Å². The predicted molar refractivity (Wildman–Crippen MR) is 91.6 cm³/mol. The molecule has 0 fully saturated rings. The minimum Gasteiger partial charge on any atom is -0.460 e. The Balaban J connectivity index is 1.77. The number of halogens is 3. The number of hydrogen-bond donors (Lipinski definition) is 1. The summed E-state index contributed by atoms with van der Waals surface area (Å²) in [5.41, 5.74) is 5.93. The summed E-state index contributed by atoms with van der Waals surface area (Å²) in [4.78, 5) is 12.4. The molecule has 0 spiro atoms. The van der Waals surface area contributed by atoms with Crippen LogP contribution in [0.1, 0.15) is 17.2 Å². The van der Waals surface area contributed by atoms with Crippen molar-refractivity contribution >= 4 is 27.5 Å². The van der Waals surface area contributed by atoms with E-state index in [1.54, 1.807) is 0 Å². The maximum absolute atomic E-state index is 13.2. The second-order valence-electron chi connectivity index (χ2n) is 5.64. The highest BCUT2D eigenvalue weighted by Crippen LogP contribution is 2.33. The van der Waals surface area contributed by atoms with Gasteiger partial charge in [-0.15, -0.1) is 0 Å². The van der Waals surface area contributed by atoms with E-state index in [1.807, 2.05) is 0 Å². The van der Waals surface area contributed by atoms with Crippen LogP contribution in [0.15, 0.2) is 54.1 Å². The number of nitrogens with two attached hydrogens (primary N) is 1. The monoisotopic (exact) mass is 415 g/mol. The predicted octanol–water partition coefficient (Wildman–Crippen LogP) is 2.93. The SMILES string of the molecule is NC1=C(OS(=O)(=O)Cc2ccc(F)c(F)c2)C(=O)C(c2ccc(Cl)cc2)O1. The zero-order valence-electron chi connectivity index (χ0n) is 13.5. The van der Waals surface area contributed by atoms with E-state index >= 15 is 0 Å². The fourth-order valence-corrected chi connectivity index (χ4v) is 3.59. The maximum Gasteiger partial charge on any atom is 0.313 e. The molecule has 3 rings (SSSR count). The summed E-state index contributed by atoms with van der Waals surface area (Å²) < 4.78 is 60.5. The molecule has 0 bridgehead atoms. The molecule has 2 aromatic carbocycles. The minimum atomic E-state index is -4.37. The molecule has 0 radical (unpaired) electrons. The Morgan fingerprint density at radius 1 is 1.11 bits per heavy atom. The molecule has 2 aromatic rings. The van der Waals surface area contributed by atoms with Crippen molar-refractivity contribution in [3.8, 4) is 0 Å². The van der Waals surface area contributed by atoms with Crippen molar-refractivity contribution in [2.45, 2.75) is 11.9 Å². The number of benzene rings is 2. The molecule has 1 aliphatic rings. The first-order chi connectivity index (χ1) is 12.7. The molecule has 0 amide bonds. The van der Waals surface area contributed by atoms with Crippen LogP contribution in [0.2, 0.25) is 5.02 Å². The van der Waals surface area contributed by atoms with E-state index in [2.05, 4.69) is 0 Å². The average Bonchev–Trinajstić information content (AvgIpc) is 2.86. The Kier molecular flexibility index (Phi) is 5.07. The van der Waals surface area contributed by atoms with Gasteiger partial charge in [-0.05, 0) is 29.8 Å². The van der Waals surface area contributed by atoms with Gasteiger partial charge < -0.3 is 14.7 Å². The largest absolute Gasteiger partial charge is 0.460 e. The number of rotatable bonds is 5. The Morgan fingerprint density at radius 3 is 2.41 bits per heavy atom. The fourth-order valence-electron chi connectivity index (χ4n) is 2.40. The highest BCUT2D eigenvalue weighted by atomic mass is 35.5. The zero-order valence-corrected chi connectivity index (χ0v) is 15.1. The third-order valence-electron chi connectivity index (χ3n) is 3.64. The van der Waals surface area contributed by atoms with Gasteiger partial charge in [0.2, 0.25) is 17.4 Å². The van der Waals surface area contributed by atoms with Gasteiger partial charge in [-0.3, -0.25) is 4.79 Å². The van der Waals surface area contributed by atoms with Crippen LogP contribution < -0.4 is 5.73 Å². The first-order valence-corrected chi connectivity index (χ1v) is 9.44. The van der Waals surface area contributed by atoms with Gasteiger partial charge >= 0.3 is 10.1 Å². The summed E-state index contributed by atoms with van der Waals surface area (Å²) in [5.74, 6) is -5.06. The van der Waals surface area contributed by atoms with E-state index in [-0.39, 0.29) is 5.56 Å². The summed E-state index contributed by atoms with van der Waals surface area (Å²) in [6.45, 7) is 0. The molecule has 10 heteroatoms. The second kappa shape index (κ2) is 7.16. The quantitative estimate of drug-likeness (QED) is 0.754. The lowest BCUT2D eigenvalue weighted by atomic mass is 10.1. The molecule has 0 saturated carbocycles. The molecule has 0 saturated heterocycles. The number of carbonyl (C=O) groups excluding carboxylic acids is 1. The number of hydrogen-bond acceptors (Lipinski definition) is 6. The van der Waals surface area contributed by atoms with Crippen LogP contribution in [0.3, 0.4) is 0 Å². The first kappa shape index (κ1) is 19.1. The molecule has 6 nitrogen and oxygen atoms in total. The minimum absolute atomic E-state index is 0.0614. The number of carbonyl (C=O) groups is 1. The summed E-state index contributed by atoms with van der Waals surface area (Å²) in [7, 11) is -4.37. The van der Waals surface area contributed by atoms with Gasteiger partial charge in [-0.2, -0.15) is 8.42 Å². The lowest BCUT2D eigenvalue weighted by molar-refractivity contribution is -0.123. The average molecular weight is 416 g/mol. The van der Waals surface area contributed by atoms with Crippen molar-refractivity contribution < 1.29 is 30.9 Å². The van der Waals surface area contributed by atoms with Crippen molar-refractivity contribution in [2.75, 3.05) is 0 Å². The molecule has 1 aliphatic heterocycles. The van der Waals surface area contributed by atoms with E-state index in [4.69, 9.17) is 26.3 Å². The van der Waals surface area contributed by atoms with Gasteiger partial charge in [0.15, 0.2) is 17.7 Å². The Labute approximate surface area is 158 Å². The highest BCUT2D eigenvalue weighted by Gasteiger charge is 2.39. The molecule has 0 aromatic heterocycles. The van der Waals surface area contributed by atoms with Gasteiger partial charge in [0.05, 0.1) is 0 Å². The van der Waals surface area contributed by atoms with Crippen LogP contribution in [-0.4, -0.2) is 14.2 Å². The maximum atomic E-state index is 13.2. The fraction of sp³-hybridized carbons (Fsp3) is 0.118. The Hall–Kier alpha value is -2.65. The van der Waals surface area contributed by atoms with E-state index in [0.29, 0.717) is 10.6 Å². The Morgan fingerprint density at radius 2 is 1.78 bits per heavy atom. The zero-order chi connectivity index (χ0) is 19.8. The van der Waals surface area contributed by atoms with Crippen molar-refractivity contribution in [2.24, 2.45) is 5.73 Å². The van der Waals surface area contributed by atoms with Gasteiger partial charge in [0, 0.05) is 10.6 Å². The van der Waals surface area contributed by atoms with Crippen molar-refractivity contribution in [1.82, 2.24) is 0 Å². The van der Waals surface area contributed by atoms with Crippen LogP contribution in [0.5, 0.6) is 0 Å². The third-order valence-corrected chi connectivity index (χ3v) is 5.00. The van der Waals surface area contributed by atoms with Crippen LogP contribution >= 0.6 is 11.6 Å². The van der Waals surface area contributed by atoms with E-state index in [9.17, 15) is 22.0 Å². The topological polar surface area (TPSA) is 95.7 Å².